The molecule has 2 heterocycles. The van der Waals surface area contributed by atoms with Crippen LogP contribution in [0, 0.1) is 0 Å². The molecule has 0 radical (unpaired) electrons. The summed E-state index contributed by atoms with van der Waals surface area (Å²) in [5.74, 6) is -0.300. The molecule has 0 aliphatic carbocycles. The van der Waals surface area contributed by atoms with E-state index in [1.54, 1.807) is 0 Å². The number of aliphatic hydroxyl groups excluding tert-OH is 5. The van der Waals surface area contributed by atoms with Gasteiger partial charge < -0.3 is 59.8 Å². The van der Waals surface area contributed by atoms with Crippen molar-refractivity contribution in [2.75, 3.05) is 33.5 Å². The molecule has 0 unspecified atom stereocenters. The summed E-state index contributed by atoms with van der Waals surface area (Å²) in [6, 6.07) is 0. The maximum absolute atomic E-state index is 11.9. The predicted octanol–water partition coefficient (Wildman–Crippen LogP) is -3.86. The van der Waals surface area contributed by atoms with E-state index in [0.29, 0.717) is 25.7 Å². The maximum atomic E-state index is 11.9. The summed E-state index contributed by atoms with van der Waals surface area (Å²) in [6.45, 7) is -3.64. The predicted molar refractivity (Wildman–Crippen MR) is 127 cm³/mol. The lowest BCUT2D eigenvalue weighted by molar-refractivity contribution is -0.416. The van der Waals surface area contributed by atoms with Crippen molar-refractivity contribution < 1.29 is 77.6 Å². The zero-order chi connectivity index (χ0) is 29.6. The third-order valence-corrected chi connectivity index (χ3v) is 8.58. The standard InChI is InChI=1S/C22H40O16S/c1-35-15(25)8-6-4-2-3-5-7-9-36-19-22(31,17(27)16(26)13(10-23)38-19)21(30)14(11-24)37-12-20(29,18(21)28)39(32,33)34/h13-14,16-19,23-24,26-31H,2-12H2,1H3,(H,32,33,34)/t13-,14-,16-,17+,18-,19+,20-,21-,22-/m1/s1. The molecular formula is C22H40O16S. The molecule has 230 valence electrons. The van der Waals surface area contributed by atoms with Crippen molar-refractivity contribution in [1.82, 2.24) is 0 Å². The smallest absolute Gasteiger partial charge is 0.305 e. The molecular weight excluding hydrogens is 552 g/mol. The molecule has 9 atom stereocenters. The van der Waals surface area contributed by atoms with Crippen LogP contribution in [0.5, 0.6) is 0 Å². The van der Waals surface area contributed by atoms with Crippen LogP contribution in [0.2, 0.25) is 0 Å². The van der Waals surface area contributed by atoms with E-state index < -0.39 is 82.9 Å². The highest BCUT2D eigenvalue weighted by Gasteiger charge is 2.76. The number of rotatable bonds is 14. The summed E-state index contributed by atoms with van der Waals surface area (Å²) >= 11 is 0. The Balaban J connectivity index is 2.24. The summed E-state index contributed by atoms with van der Waals surface area (Å²) in [5, 5.41) is 85.2. The summed E-state index contributed by atoms with van der Waals surface area (Å²) in [7, 11) is -4.30. The number of hydrogen-bond donors (Lipinski definition) is 9. The van der Waals surface area contributed by atoms with Crippen LogP contribution < -0.4 is 0 Å². The minimum absolute atomic E-state index is 0.199. The van der Waals surface area contributed by atoms with Crippen molar-refractivity contribution in [3.63, 3.8) is 0 Å². The van der Waals surface area contributed by atoms with E-state index in [-0.39, 0.29) is 12.6 Å². The van der Waals surface area contributed by atoms with Gasteiger partial charge in [0.15, 0.2) is 17.5 Å². The third-order valence-electron chi connectivity index (χ3n) is 7.35. The number of carbonyl (C=O) groups excluding carboxylic acids is 1. The van der Waals surface area contributed by atoms with Crippen LogP contribution in [0.25, 0.3) is 0 Å². The Morgan fingerprint density at radius 1 is 0.949 bits per heavy atom. The first kappa shape index (κ1) is 34.1. The number of aliphatic hydroxyl groups is 8. The van der Waals surface area contributed by atoms with Crippen LogP contribution in [-0.2, 0) is 33.9 Å². The lowest BCUT2D eigenvalue weighted by atomic mass is 9.66. The second-order valence-corrected chi connectivity index (χ2v) is 11.5. The van der Waals surface area contributed by atoms with Crippen molar-refractivity contribution in [2.24, 2.45) is 0 Å². The zero-order valence-electron chi connectivity index (χ0n) is 21.5. The highest BCUT2D eigenvalue weighted by molar-refractivity contribution is 7.87. The van der Waals surface area contributed by atoms with Gasteiger partial charge in [-0.15, -0.1) is 0 Å². The second-order valence-electron chi connectivity index (χ2n) is 9.80. The van der Waals surface area contributed by atoms with Crippen LogP contribution in [-0.4, -0.2) is 146 Å². The normalized spacial score (nSPS) is 39.4. The molecule has 9 N–H and O–H groups in total. The van der Waals surface area contributed by atoms with Gasteiger partial charge in [-0.1, -0.05) is 25.7 Å². The molecule has 2 rings (SSSR count). The molecule has 2 fully saturated rings. The number of methoxy groups -OCH3 is 1. The summed E-state index contributed by atoms with van der Waals surface area (Å²) in [5.41, 5.74) is -6.92. The van der Waals surface area contributed by atoms with Crippen LogP contribution in [0.1, 0.15) is 44.9 Å². The number of ether oxygens (including phenoxy) is 4. The minimum Gasteiger partial charge on any atom is -0.469 e. The van der Waals surface area contributed by atoms with Gasteiger partial charge in [0.2, 0.25) is 4.93 Å². The molecule has 0 bridgehead atoms. The van der Waals surface area contributed by atoms with Crippen molar-refractivity contribution in [2.45, 2.75) is 97.9 Å². The van der Waals surface area contributed by atoms with E-state index in [9.17, 15) is 58.6 Å². The van der Waals surface area contributed by atoms with E-state index in [1.165, 1.54) is 7.11 Å². The van der Waals surface area contributed by atoms with Crippen molar-refractivity contribution in [3.05, 3.63) is 0 Å². The highest BCUT2D eigenvalue weighted by atomic mass is 32.2. The lowest BCUT2D eigenvalue weighted by Gasteiger charge is -2.60. The van der Waals surface area contributed by atoms with Crippen LogP contribution in [0.15, 0.2) is 0 Å². The van der Waals surface area contributed by atoms with E-state index in [0.717, 1.165) is 19.3 Å². The maximum Gasteiger partial charge on any atom is 0.305 e. The molecule has 17 heteroatoms. The van der Waals surface area contributed by atoms with Crippen molar-refractivity contribution in [1.29, 1.82) is 0 Å². The molecule has 2 aliphatic heterocycles. The Bertz CT molecular complexity index is 902. The first-order valence-corrected chi connectivity index (χ1v) is 14.0. The van der Waals surface area contributed by atoms with Crippen LogP contribution in [0.3, 0.4) is 0 Å². The van der Waals surface area contributed by atoms with Crippen molar-refractivity contribution >= 4 is 16.1 Å². The Kier molecular flexibility index (Phi) is 12.0. The summed E-state index contributed by atoms with van der Waals surface area (Å²) in [4.78, 5) is 7.49. The third kappa shape index (κ3) is 6.56. The van der Waals surface area contributed by atoms with E-state index >= 15 is 0 Å². The van der Waals surface area contributed by atoms with Gasteiger partial charge in [0, 0.05) is 13.0 Å². The monoisotopic (exact) mass is 592 g/mol. The van der Waals surface area contributed by atoms with Crippen LogP contribution >= 0.6 is 0 Å². The molecule has 0 amide bonds. The SMILES string of the molecule is COC(=O)CCCCCCCCO[C@H]1O[C@H](CO)[C@@H](O)[C@H](O)[C@]1(O)[C@@]1(O)[C@@H](CO)OC[C@@](O)(S(=O)(=O)O)[C@H]1O. The largest absolute Gasteiger partial charge is 0.469 e. The average Bonchev–Trinajstić information content (AvgIpc) is 2.89. The second kappa shape index (κ2) is 13.7. The lowest BCUT2D eigenvalue weighted by Crippen LogP contribution is -2.86. The van der Waals surface area contributed by atoms with Gasteiger partial charge in [0.1, 0.15) is 30.5 Å². The first-order chi connectivity index (χ1) is 18.2. The van der Waals surface area contributed by atoms with Gasteiger partial charge in [-0.3, -0.25) is 9.35 Å². The Labute approximate surface area is 225 Å². The van der Waals surface area contributed by atoms with Gasteiger partial charge >= 0.3 is 5.97 Å². The molecule has 2 saturated heterocycles. The highest BCUT2D eigenvalue weighted by Crippen LogP contribution is 2.48. The van der Waals surface area contributed by atoms with E-state index in [1.807, 2.05) is 0 Å². The van der Waals surface area contributed by atoms with Gasteiger partial charge in [-0.2, -0.15) is 8.42 Å². The van der Waals surface area contributed by atoms with Crippen LogP contribution in [0.4, 0.5) is 0 Å². The minimum atomic E-state index is -5.61. The summed E-state index contributed by atoms with van der Waals surface area (Å²) < 4.78 is 53.7. The fourth-order valence-electron chi connectivity index (χ4n) is 4.89. The molecule has 0 aromatic heterocycles. The molecule has 2 aliphatic rings. The van der Waals surface area contributed by atoms with E-state index in [4.69, 9.17) is 14.2 Å². The van der Waals surface area contributed by atoms with Gasteiger partial charge in [-0.25, -0.2) is 0 Å². The van der Waals surface area contributed by atoms with Crippen molar-refractivity contribution in [3.8, 4) is 0 Å². The van der Waals surface area contributed by atoms with Gasteiger partial charge in [0.25, 0.3) is 10.1 Å². The van der Waals surface area contributed by atoms with Gasteiger partial charge in [0.05, 0.1) is 26.9 Å². The quantitative estimate of drug-likeness (QED) is 0.0530. The Morgan fingerprint density at radius 2 is 1.54 bits per heavy atom. The number of carbonyl (C=O) groups is 1. The Hall–Kier alpha value is -1.06. The number of unbranched alkanes of at least 4 members (excludes halogenated alkanes) is 5. The molecule has 39 heavy (non-hydrogen) atoms. The summed E-state index contributed by atoms with van der Waals surface area (Å²) in [6.07, 6.45) is -9.36. The molecule has 16 nitrogen and oxygen atoms in total. The topological polar surface area (TPSA) is 270 Å². The average molecular weight is 593 g/mol. The molecule has 0 aromatic rings. The Morgan fingerprint density at radius 3 is 2.08 bits per heavy atom. The number of esters is 1. The fourth-order valence-corrected chi connectivity index (χ4v) is 5.57. The molecule has 0 saturated carbocycles. The van der Waals surface area contributed by atoms with Gasteiger partial charge in [-0.05, 0) is 12.8 Å². The molecule has 0 spiro atoms. The molecule has 0 aromatic carbocycles. The first-order valence-electron chi connectivity index (χ1n) is 12.5. The fraction of sp³-hybridized carbons (Fsp3) is 0.955. The number of hydrogen-bond acceptors (Lipinski definition) is 15. The van der Waals surface area contributed by atoms with E-state index in [2.05, 4.69) is 4.74 Å². The zero-order valence-corrected chi connectivity index (χ0v) is 22.3.